The first-order valence-corrected chi connectivity index (χ1v) is 7.71. The molecule has 0 bridgehead atoms. The van der Waals surface area contributed by atoms with Crippen LogP contribution in [0.25, 0.3) is 5.65 Å². The van der Waals surface area contributed by atoms with Gasteiger partial charge in [-0.3, -0.25) is 4.79 Å². The van der Waals surface area contributed by atoms with Crippen molar-refractivity contribution in [2.24, 2.45) is 0 Å². The fourth-order valence-electron chi connectivity index (χ4n) is 2.76. The molecule has 0 radical (unpaired) electrons. The molecule has 1 amide bonds. The van der Waals surface area contributed by atoms with Gasteiger partial charge in [-0.25, -0.2) is 19.5 Å². The summed E-state index contributed by atoms with van der Waals surface area (Å²) in [5.41, 5.74) is 1.91. The van der Waals surface area contributed by atoms with E-state index in [4.69, 9.17) is 4.74 Å². The molecule has 8 heteroatoms. The second kappa shape index (κ2) is 5.97. The van der Waals surface area contributed by atoms with Crippen LogP contribution in [0.3, 0.4) is 0 Å². The standard InChI is InChI=1S/C16H16N6O2/c1-11-3-5-17-14(20-11)13-10-21(7-8-24-13)16(23)12-9-19-22-6-2-4-18-15(12)22/h2-6,9,13H,7-8,10H2,1H3/t13-/m0/s1. The molecule has 122 valence electrons. The number of aryl methyl sites for hydroxylation is 1. The van der Waals surface area contributed by atoms with E-state index >= 15 is 0 Å². The first-order chi connectivity index (χ1) is 11.7. The Bertz CT molecular complexity index is 893. The molecule has 1 aliphatic heterocycles. The lowest BCUT2D eigenvalue weighted by Gasteiger charge is -2.32. The van der Waals surface area contributed by atoms with Crippen molar-refractivity contribution in [1.82, 2.24) is 29.5 Å². The zero-order valence-corrected chi connectivity index (χ0v) is 13.2. The number of nitrogens with zero attached hydrogens (tertiary/aromatic N) is 6. The van der Waals surface area contributed by atoms with Crippen LogP contribution in [0.5, 0.6) is 0 Å². The van der Waals surface area contributed by atoms with Crippen molar-refractivity contribution in [2.45, 2.75) is 13.0 Å². The topological polar surface area (TPSA) is 85.5 Å². The highest BCUT2D eigenvalue weighted by molar-refractivity contribution is 5.99. The molecule has 0 unspecified atom stereocenters. The van der Waals surface area contributed by atoms with E-state index in [-0.39, 0.29) is 12.0 Å². The first-order valence-electron chi connectivity index (χ1n) is 7.71. The summed E-state index contributed by atoms with van der Waals surface area (Å²) in [5.74, 6) is 0.496. The van der Waals surface area contributed by atoms with Gasteiger partial charge in [-0.05, 0) is 19.1 Å². The lowest BCUT2D eigenvalue weighted by molar-refractivity contribution is -0.0268. The average Bonchev–Trinajstić information content (AvgIpc) is 3.05. The van der Waals surface area contributed by atoms with Gasteiger partial charge < -0.3 is 9.64 Å². The molecule has 3 aromatic heterocycles. The highest BCUT2D eigenvalue weighted by Gasteiger charge is 2.29. The van der Waals surface area contributed by atoms with Crippen LogP contribution in [0.2, 0.25) is 0 Å². The third-order valence-electron chi connectivity index (χ3n) is 3.96. The van der Waals surface area contributed by atoms with Crippen LogP contribution in [0.1, 0.15) is 28.0 Å². The van der Waals surface area contributed by atoms with Crippen molar-refractivity contribution in [2.75, 3.05) is 19.7 Å². The van der Waals surface area contributed by atoms with Crippen molar-refractivity contribution in [3.05, 3.63) is 54.0 Å². The number of carbonyl (C=O) groups is 1. The number of hydrogen-bond acceptors (Lipinski definition) is 6. The van der Waals surface area contributed by atoms with Gasteiger partial charge in [-0.15, -0.1) is 0 Å². The Morgan fingerprint density at radius 1 is 1.33 bits per heavy atom. The Labute approximate surface area is 138 Å². The molecule has 1 fully saturated rings. The van der Waals surface area contributed by atoms with E-state index in [0.717, 1.165) is 5.69 Å². The summed E-state index contributed by atoms with van der Waals surface area (Å²) in [6.07, 6.45) is 6.35. The second-order valence-corrected chi connectivity index (χ2v) is 5.61. The van der Waals surface area contributed by atoms with E-state index in [1.165, 1.54) is 0 Å². The maximum absolute atomic E-state index is 12.9. The third-order valence-corrected chi connectivity index (χ3v) is 3.96. The van der Waals surface area contributed by atoms with E-state index in [1.54, 1.807) is 40.3 Å². The Kier molecular flexibility index (Phi) is 3.66. The van der Waals surface area contributed by atoms with Gasteiger partial charge in [-0.1, -0.05) is 0 Å². The molecule has 1 aliphatic rings. The first kappa shape index (κ1) is 14.7. The summed E-state index contributed by atoms with van der Waals surface area (Å²) in [6.45, 7) is 3.28. The molecule has 0 aliphatic carbocycles. The molecule has 0 aromatic carbocycles. The van der Waals surface area contributed by atoms with Crippen LogP contribution in [0, 0.1) is 6.92 Å². The Balaban J connectivity index is 1.58. The lowest BCUT2D eigenvalue weighted by atomic mass is 10.2. The minimum absolute atomic E-state index is 0.107. The van der Waals surface area contributed by atoms with Gasteiger partial charge in [0.1, 0.15) is 11.7 Å². The molecular formula is C16H16N6O2. The summed E-state index contributed by atoms with van der Waals surface area (Å²) >= 11 is 0. The van der Waals surface area contributed by atoms with E-state index in [9.17, 15) is 4.79 Å². The van der Waals surface area contributed by atoms with Crippen molar-refractivity contribution in [3.63, 3.8) is 0 Å². The van der Waals surface area contributed by atoms with Crippen LogP contribution in [0.4, 0.5) is 0 Å². The number of rotatable bonds is 2. The second-order valence-electron chi connectivity index (χ2n) is 5.61. The maximum atomic E-state index is 12.9. The van der Waals surface area contributed by atoms with Crippen molar-refractivity contribution in [3.8, 4) is 0 Å². The Hall–Kier alpha value is -2.87. The van der Waals surface area contributed by atoms with Gasteiger partial charge in [0.2, 0.25) is 0 Å². The Morgan fingerprint density at radius 3 is 3.12 bits per heavy atom. The molecule has 0 spiro atoms. The molecule has 0 saturated carbocycles. The SMILES string of the molecule is Cc1ccnc([C@@H]2CN(C(=O)c3cnn4cccnc34)CCO2)n1. The van der Waals surface area contributed by atoms with E-state index < -0.39 is 0 Å². The molecule has 0 N–H and O–H groups in total. The van der Waals surface area contributed by atoms with Gasteiger partial charge in [0.05, 0.1) is 19.3 Å². The normalized spacial score (nSPS) is 18.0. The fraction of sp³-hybridized carbons (Fsp3) is 0.312. The molecule has 24 heavy (non-hydrogen) atoms. The zero-order valence-electron chi connectivity index (χ0n) is 13.2. The van der Waals surface area contributed by atoms with E-state index in [2.05, 4.69) is 20.1 Å². The summed E-state index contributed by atoms with van der Waals surface area (Å²) in [5, 5.41) is 4.17. The molecule has 1 saturated heterocycles. The van der Waals surface area contributed by atoms with Gasteiger partial charge in [-0.2, -0.15) is 5.10 Å². The predicted molar refractivity (Wildman–Crippen MR) is 84.4 cm³/mol. The molecule has 3 aromatic rings. The van der Waals surface area contributed by atoms with E-state index in [1.807, 2.05) is 13.0 Å². The number of carbonyl (C=O) groups excluding carboxylic acids is 1. The lowest BCUT2D eigenvalue weighted by Crippen LogP contribution is -2.42. The van der Waals surface area contributed by atoms with Crippen molar-refractivity contribution >= 4 is 11.6 Å². The number of hydrogen-bond donors (Lipinski definition) is 0. The average molecular weight is 324 g/mol. The summed E-state index contributed by atoms with van der Waals surface area (Å²) in [6, 6.07) is 3.61. The quantitative estimate of drug-likeness (QED) is 0.700. The van der Waals surface area contributed by atoms with Gasteiger partial charge in [0.15, 0.2) is 11.5 Å². The molecule has 1 atom stereocenters. The zero-order chi connectivity index (χ0) is 16.5. The molecule has 4 heterocycles. The summed E-state index contributed by atoms with van der Waals surface area (Å²) in [4.78, 5) is 27.5. The van der Waals surface area contributed by atoms with Gasteiger partial charge in [0.25, 0.3) is 5.91 Å². The number of aromatic nitrogens is 5. The number of ether oxygens (including phenoxy) is 1. The summed E-state index contributed by atoms with van der Waals surface area (Å²) in [7, 11) is 0. The third kappa shape index (κ3) is 2.61. The van der Waals surface area contributed by atoms with Gasteiger partial charge >= 0.3 is 0 Å². The van der Waals surface area contributed by atoms with Crippen LogP contribution in [0.15, 0.2) is 36.9 Å². The highest BCUT2D eigenvalue weighted by Crippen LogP contribution is 2.21. The number of morpholine rings is 1. The van der Waals surface area contributed by atoms with Gasteiger partial charge in [0, 0.05) is 30.8 Å². The summed E-state index contributed by atoms with van der Waals surface area (Å²) < 4.78 is 7.34. The highest BCUT2D eigenvalue weighted by atomic mass is 16.5. The van der Waals surface area contributed by atoms with Crippen LogP contribution >= 0.6 is 0 Å². The molecule has 4 rings (SSSR count). The van der Waals surface area contributed by atoms with Crippen molar-refractivity contribution in [1.29, 1.82) is 0 Å². The predicted octanol–water partition coefficient (Wildman–Crippen LogP) is 1.04. The smallest absolute Gasteiger partial charge is 0.259 e. The maximum Gasteiger partial charge on any atom is 0.259 e. The number of amides is 1. The fourth-order valence-corrected chi connectivity index (χ4v) is 2.76. The minimum Gasteiger partial charge on any atom is -0.367 e. The van der Waals surface area contributed by atoms with Crippen LogP contribution < -0.4 is 0 Å². The minimum atomic E-state index is -0.322. The monoisotopic (exact) mass is 324 g/mol. The Morgan fingerprint density at radius 2 is 2.25 bits per heavy atom. The largest absolute Gasteiger partial charge is 0.367 e. The van der Waals surface area contributed by atoms with Crippen molar-refractivity contribution < 1.29 is 9.53 Å². The molecule has 8 nitrogen and oxygen atoms in total. The number of fused-ring (bicyclic) bond motifs is 1. The molecular weight excluding hydrogens is 308 g/mol. The van der Waals surface area contributed by atoms with E-state index in [0.29, 0.717) is 36.7 Å². The van der Waals surface area contributed by atoms with Crippen LogP contribution in [-0.4, -0.2) is 55.1 Å². The van der Waals surface area contributed by atoms with Crippen LogP contribution in [-0.2, 0) is 4.74 Å².